The van der Waals surface area contributed by atoms with Crippen LogP contribution in [-0.4, -0.2) is 50.6 Å². The van der Waals surface area contributed by atoms with Crippen molar-refractivity contribution in [3.63, 3.8) is 0 Å². The maximum atomic E-state index is 15.3. The number of alkyl carbamates (subject to hydrolysis) is 1. The molecule has 10 nitrogen and oxygen atoms in total. The van der Waals surface area contributed by atoms with Gasteiger partial charge < -0.3 is 15.0 Å². The van der Waals surface area contributed by atoms with Gasteiger partial charge in [-0.2, -0.15) is 18.3 Å². The molecule has 1 saturated heterocycles. The number of rotatable bonds is 5. The number of amides is 4. The van der Waals surface area contributed by atoms with Crippen molar-refractivity contribution in [2.45, 2.75) is 63.1 Å². The summed E-state index contributed by atoms with van der Waals surface area (Å²) in [4.78, 5) is 50.0. The third-order valence-corrected chi connectivity index (χ3v) is 7.19. The van der Waals surface area contributed by atoms with Gasteiger partial charge in [0, 0.05) is 54.7 Å². The first-order valence-corrected chi connectivity index (χ1v) is 12.0. The summed E-state index contributed by atoms with van der Waals surface area (Å²) in [6.07, 6.45) is -4.68. The summed E-state index contributed by atoms with van der Waals surface area (Å²) in [5.74, 6) is -2.77. The smallest absolute Gasteiger partial charge is 0.433 e. The van der Waals surface area contributed by atoms with Crippen LogP contribution in [0.2, 0.25) is 5.02 Å². The number of aromatic nitrogens is 2. The Morgan fingerprint density at radius 3 is 2.68 bits per heavy atom. The van der Waals surface area contributed by atoms with Crippen molar-refractivity contribution in [3.8, 4) is 0 Å². The maximum Gasteiger partial charge on any atom is 0.433 e. The fourth-order valence-electron chi connectivity index (χ4n) is 4.86. The fraction of sp³-hybridized carbons (Fsp3) is 0.435. The number of halogens is 5. The lowest BCUT2D eigenvalue weighted by Crippen LogP contribution is -2.52. The number of fused-ring (bicyclic) bond motifs is 1. The first-order chi connectivity index (χ1) is 17.9. The Balaban J connectivity index is 1.19. The van der Waals surface area contributed by atoms with Gasteiger partial charge in [0.05, 0.1) is 11.6 Å². The molecule has 5 rings (SSSR count). The van der Waals surface area contributed by atoms with Crippen LogP contribution in [0.4, 0.5) is 22.4 Å². The molecule has 1 aromatic carbocycles. The molecule has 1 saturated carbocycles. The van der Waals surface area contributed by atoms with E-state index >= 15 is 4.39 Å². The zero-order valence-electron chi connectivity index (χ0n) is 19.5. The van der Waals surface area contributed by atoms with E-state index in [2.05, 4.69) is 15.7 Å². The molecule has 1 atom stereocenters. The lowest BCUT2D eigenvalue weighted by Gasteiger charge is -2.35. The van der Waals surface area contributed by atoms with E-state index in [1.807, 2.05) is 0 Å². The summed E-state index contributed by atoms with van der Waals surface area (Å²) in [5, 5.41) is 8.29. The molecule has 2 N–H and O–H groups in total. The highest BCUT2D eigenvalue weighted by atomic mass is 35.5. The number of piperidine rings is 1. The Bertz CT molecular complexity index is 1340. The molecule has 2 fully saturated rings. The van der Waals surface area contributed by atoms with Gasteiger partial charge in [-0.15, -0.1) is 0 Å². The van der Waals surface area contributed by atoms with E-state index in [-0.39, 0.29) is 60.5 Å². The second-order valence-corrected chi connectivity index (χ2v) is 9.66. The zero-order chi connectivity index (χ0) is 27.4. The molecule has 38 heavy (non-hydrogen) atoms. The highest BCUT2D eigenvalue weighted by Gasteiger charge is 2.43. The summed E-state index contributed by atoms with van der Waals surface area (Å²) < 4.78 is 60.4. The number of carbonyl (C=O) groups excluding carboxylic acids is 4. The highest BCUT2D eigenvalue weighted by Crippen LogP contribution is 2.39. The number of hydrogen-bond acceptors (Lipinski definition) is 6. The maximum absolute atomic E-state index is 15.3. The molecule has 3 aliphatic rings. The number of carbonyl (C=O) groups is 4. The molecular weight excluding hydrogens is 538 g/mol. The number of ether oxygens (including phenoxy) is 1. The van der Waals surface area contributed by atoms with Crippen LogP contribution in [0, 0.1) is 5.82 Å². The fourth-order valence-corrected chi connectivity index (χ4v) is 5.15. The highest BCUT2D eigenvalue weighted by molar-refractivity contribution is 6.32. The van der Waals surface area contributed by atoms with Gasteiger partial charge in [0.1, 0.15) is 23.7 Å². The molecular formula is C23H20ClF4N5O5. The lowest BCUT2D eigenvalue weighted by atomic mass is 9.89. The van der Waals surface area contributed by atoms with Crippen molar-refractivity contribution in [1.82, 2.24) is 25.3 Å². The predicted octanol–water partition coefficient (Wildman–Crippen LogP) is 3.09. The SMILES string of the molecule is O=C1CCC(N2Cc3c(Cl)cc(CNC(=O)OC4CC(n5nccc5C(F)(F)F)C4)c(F)c3C2=O)C(=O)N1. The molecule has 0 bridgehead atoms. The normalized spacial score (nSPS) is 23.1. The number of nitrogens with zero attached hydrogens (tertiary/aromatic N) is 3. The Kier molecular flexibility index (Phi) is 6.53. The monoisotopic (exact) mass is 557 g/mol. The van der Waals surface area contributed by atoms with Gasteiger partial charge in [-0.05, 0) is 18.6 Å². The summed E-state index contributed by atoms with van der Waals surface area (Å²) in [7, 11) is 0. The minimum absolute atomic E-state index is 0.0389. The van der Waals surface area contributed by atoms with Crippen molar-refractivity contribution in [2.75, 3.05) is 0 Å². The lowest BCUT2D eigenvalue weighted by molar-refractivity contribution is -0.147. The number of alkyl halides is 3. The van der Waals surface area contributed by atoms with E-state index in [1.54, 1.807) is 0 Å². The topological polar surface area (TPSA) is 123 Å². The van der Waals surface area contributed by atoms with E-state index in [0.29, 0.717) is 0 Å². The quantitative estimate of drug-likeness (QED) is 0.430. The molecule has 1 aromatic heterocycles. The summed E-state index contributed by atoms with van der Waals surface area (Å²) in [6, 6.07) is 0.601. The van der Waals surface area contributed by atoms with Crippen molar-refractivity contribution in [3.05, 3.63) is 51.6 Å². The molecule has 4 amide bonds. The summed E-state index contributed by atoms with van der Waals surface area (Å²) in [6.45, 7) is -0.488. The molecule has 202 valence electrons. The van der Waals surface area contributed by atoms with Crippen LogP contribution in [0.5, 0.6) is 0 Å². The Morgan fingerprint density at radius 2 is 2.00 bits per heavy atom. The number of imide groups is 1. The molecule has 1 aliphatic carbocycles. The third kappa shape index (κ3) is 4.68. The molecule has 0 spiro atoms. The average Bonchev–Trinajstić information content (AvgIpc) is 3.43. The molecule has 1 unspecified atom stereocenters. The second kappa shape index (κ2) is 9.57. The van der Waals surface area contributed by atoms with Gasteiger partial charge in [0.25, 0.3) is 5.91 Å². The van der Waals surface area contributed by atoms with Gasteiger partial charge in [-0.25, -0.2) is 9.18 Å². The van der Waals surface area contributed by atoms with E-state index in [9.17, 15) is 32.3 Å². The molecule has 2 aliphatic heterocycles. The Hall–Kier alpha value is -3.68. The molecule has 0 radical (unpaired) electrons. The van der Waals surface area contributed by atoms with Crippen molar-refractivity contribution in [2.24, 2.45) is 0 Å². The average molecular weight is 558 g/mol. The number of nitrogens with one attached hydrogen (secondary N) is 2. The first kappa shape index (κ1) is 25.9. The van der Waals surface area contributed by atoms with Gasteiger partial charge in [-0.3, -0.25) is 24.4 Å². The first-order valence-electron chi connectivity index (χ1n) is 11.6. The zero-order valence-corrected chi connectivity index (χ0v) is 20.2. The van der Waals surface area contributed by atoms with Crippen LogP contribution in [-0.2, 0) is 33.6 Å². The van der Waals surface area contributed by atoms with Crippen LogP contribution in [0.15, 0.2) is 18.3 Å². The minimum atomic E-state index is -4.55. The molecule has 3 heterocycles. The summed E-state index contributed by atoms with van der Waals surface area (Å²) >= 11 is 6.28. The van der Waals surface area contributed by atoms with Crippen molar-refractivity contribution < 1.29 is 41.5 Å². The van der Waals surface area contributed by atoms with E-state index in [0.717, 1.165) is 21.8 Å². The van der Waals surface area contributed by atoms with Gasteiger partial charge in [-0.1, -0.05) is 11.6 Å². The predicted molar refractivity (Wildman–Crippen MR) is 120 cm³/mol. The number of benzene rings is 1. The van der Waals surface area contributed by atoms with E-state index in [4.69, 9.17) is 16.3 Å². The van der Waals surface area contributed by atoms with Gasteiger partial charge in [0.15, 0.2) is 0 Å². The van der Waals surface area contributed by atoms with Crippen LogP contribution in [0.1, 0.15) is 58.9 Å². The largest absolute Gasteiger partial charge is 0.446 e. The number of hydrogen-bond donors (Lipinski definition) is 2. The Morgan fingerprint density at radius 1 is 1.26 bits per heavy atom. The van der Waals surface area contributed by atoms with Crippen molar-refractivity contribution in [1.29, 1.82) is 0 Å². The van der Waals surface area contributed by atoms with E-state index in [1.165, 1.54) is 6.07 Å². The van der Waals surface area contributed by atoms with Crippen LogP contribution in [0.25, 0.3) is 0 Å². The van der Waals surface area contributed by atoms with Crippen molar-refractivity contribution >= 4 is 35.4 Å². The van der Waals surface area contributed by atoms with Crippen LogP contribution < -0.4 is 10.6 Å². The summed E-state index contributed by atoms with van der Waals surface area (Å²) in [5.41, 5.74) is -1.10. The molecule has 15 heteroatoms. The molecule has 2 aromatic rings. The van der Waals surface area contributed by atoms with Crippen LogP contribution >= 0.6 is 11.6 Å². The third-order valence-electron chi connectivity index (χ3n) is 6.86. The van der Waals surface area contributed by atoms with E-state index < -0.39 is 59.7 Å². The van der Waals surface area contributed by atoms with Crippen LogP contribution in [0.3, 0.4) is 0 Å². The standard InChI is InChI=1S/C23H20ClF4N5O5/c24-14-5-10(19(25)18-13(14)9-32(21(18)36)15-1-2-17(34)31-20(15)35)8-29-22(37)38-12-6-11(7-12)33-16(3-4-30-33)23(26,27)28/h3-5,11-12,15H,1-2,6-9H2,(H,29,37)(H,31,34,35). The Labute approximate surface area is 217 Å². The second-order valence-electron chi connectivity index (χ2n) is 9.25. The minimum Gasteiger partial charge on any atom is -0.446 e. The van der Waals surface area contributed by atoms with Gasteiger partial charge >= 0.3 is 12.3 Å². The van der Waals surface area contributed by atoms with Gasteiger partial charge in [0.2, 0.25) is 11.8 Å².